The summed E-state index contributed by atoms with van der Waals surface area (Å²) in [5.74, 6) is -0.262. The Morgan fingerprint density at radius 1 is 1.48 bits per heavy atom. The van der Waals surface area contributed by atoms with Crippen LogP contribution in [-0.4, -0.2) is 63.3 Å². The predicted octanol–water partition coefficient (Wildman–Crippen LogP) is 0.128. The van der Waals surface area contributed by atoms with Gasteiger partial charge in [-0.25, -0.2) is 4.98 Å². The highest BCUT2D eigenvalue weighted by Crippen LogP contribution is 2.21. The third-order valence-corrected chi connectivity index (χ3v) is 3.99. The summed E-state index contributed by atoms with van der Waals surface area (Å²) in [5, 5.41) is 0. The lowest BCUT2D eigenvalue weighted by atomic mass is 10.1. The molecule has 1 aromatic heterocycles. The molecule has 0 bridgehead atoms. The van der Waals surface area contributed by atoms with Crippen LogP contribution in [0.5, 0.6) is 0 Å². The Labute approximate surface area is 124 Å². The summed E-state index contributed by atoms with van der Waals surface area (Å²) in [6.45, 7) is 7.30. The van der Waals surface area contributed by atoms with Crippen molar-refractivity contribution in [2.45, 2.75) is 39.3 Å². The van der Waals surface area contributed by atoms with Crippen LogP contribution in [0.3, 0.4) is 0 Å². The Morgan fingerprint density at radius 3 is 2.67 bits per heavy atom. The first-order chi connectivity index (χ1) is 9.99. The van der Waals surface area contributed by atoms with Crippen molar-refractivity contribution in [2.24, 2.45) is 5.73 Å². The minimum atomic E-state index is -0.483. The predicted molar refractivity (Wildman–Crippen MR) is 78.7 cm³/mol. The summed E-state index contributed by atoms with van der Waals surface area (Å²) >= 11 is 0. The number of aryl methyl sites for hydroxylation is 1. The van der Waals surface area contributed by atoms with E-state index >= 15 is 0 Å². The molecule has 21 heavy (non-hydrogen) atoms. The van der Waals surface area contributed by atoms with E-state index < -0.39 is 6.04 Å². The second kappa shape index (κ2) is 6.26. The third-order valence-electron chi connectivity index (χ3n) is 3.99. The zero-order valence-corrected chi connectivity index (χ0v) is 12.8. The molecule has 2 heterocycles. The first-order valence-electron chi connectivity index (χ1n) is 7.34. The fourth-order valence-electron chi connectivity index (χ4n) is 2.78. The molecule has 0 saturated carbocycles. The van der Waals surface area contributed by atoms with Crippen LogP contribution in [0.4, 0.5) is 0 Å². The van der Waals surface area contributed by atoms with E-state index in [0.717, 1.165) is 0 Å². The molecule has 0 radical (unpaired) electrons. The fraction of sp³-hybridized carbons (Fsp3) is 0.643. The maximum Gasteiger partial charge on any atom is 0.275 e. The molecule has 7 nitrogen and oxygen atoms in total. The number of likely N-dealkylation sites (N-methyl/N-ethyl adjacent to an activating group) is 1. The number of aromatic nitrogens is 2. The second-order valence-corrected chi connectivity index (χ2v) is 5.36. The molecule has 0 unspecified atom stereocenters. The molecule has 2 rings (SSSR count). The quantitative estimate of drug-likeness (QED) is 0.824. The molecule has 1 saturated heterocycles. The molecule has 7 heteroatoms. The van der Waals surface area contributed by atoms with Crippen molar-refractivity contribution in [1.82, 2.24) is 19.8 Å². The molecular weight excluding hydrogens is 270 g/mol. The molecule has 3 N–H and O–H groups in total. The van der Waals surface area contributed by atoms with E-state index in [9.17, 15) is 9.59 Å². The largest absolute Gasteiger partial charge is 0.348 e. The maximum atomic E-state index is 12.6. The van der Waals surface area contributed by atoms with Crippen molar-refractivity contribution >= 4 is 11.8 Å². The van der Waals surface area contributed by atoms with Crippen molar-refractivity contribution in [3.63, 3.8) is 0 Å². The summed E-state index contributed by atoms with van der Waals surface area (Å²) in [5.41, 5.74) is 7.04. The lowest BCUT2D eigenvalue weighted by Crippen LogP contribution is -2.48. The van der Waals surface area contributed by atoms with Gasteiger partial charge >= 0.3 is 0 Å². The van der Waals surface area contributed by atoms with Crippen LogP contribution in [0, 0.1) is 6.92 Å². The van der Waals surface area contributed by atoms with Crippen molar-refractivity contribution in [1.29, 1.82) is 0 Å². The number of carbonyl (C=O) groups is 2. The molecule has 0 aromatic carbocycles. The highest BCUT2D eigenvalue weighted by Gasteiger charge is 2.40. The van der Waals surface area contributed by atoms with Crippen molar-refractivity contribution in [3.05, 3.63) is 17.7 Å². The normalized spacial score (nSPS) is 21.6. The molecule has 2 atom stereocenters. The number of rotatable bonds is 4. The van der Waals surface area contributed by atoms with Crippen LogP contribution in [0.2, 0.25) is 0 Å². The highest BCUT2D eigenvalue weighted by molar-refractivity contribution is 5.97. The van der Waals surface area contributed by atoms with Gasteiger partial charge in [-0.2, -0.15) is 0 Å². The van der Waals surface area contributed by atoms with Gasteiger partial charge in [-0.05, 0) is 27.2 Å². The summed E-state index contributed by atoms with van der Waals surface area (Å²) < 4.78 is 0. The number of nitrogens with one attached hydrogen (secondary N) is 1. The Morgan fingerprint density at radius 2 is 2.14 bits per heavy atom. The standard InChI is InChI=1S/C14H23N5O2/c1-4-18(5-2)13(20)11-6-10(15)7-19(11)14(21)12-9(3)16-8-17-12/h8,10-11H,4-7,15H2,1-3H3,(H,16,17)/t10-,11-/m0/s1. The first-order valence-corrected chi connectivity index (χ1v) is 7.34. The molecule has 1 aliphatic rings. The van der Waals surface area contributed by atoms with Gasteiger partial charge in [0.25, 0.3) is 5.91 Å². The van der Waals surface area contributed by atoms with E-state index in [-0.39, 0.29) is 17.9 Å². The number of imidazole rings is 1. The van der Waals surface area contributed by atoms with Crippen LogP contribution in [0.15, 0.2) is 6.33 Å². The number of nitrogens with two attached hydrogens (primary N) is 1. The average Bonchev–Trinajstić information content (AvgIpc) is 3.05. The Balaban J connectivity index is 2.23. The lowest BCUT2D eigenvalue weighted by Gasteiger charge is -2.28. The SMILES string of the molecule is CCN(CC)C(=O)[C@@H]1C[C@H](N)CN1C(=O)c1nc[nH]c1C. The summed E-state index contributed by atoms with van der Waals surface area (Å²) in [7, 11) is 0. The van der Waals surface area contributed by atoms with Gasteiger partial charge in [0.15, 0.2) is 0 Å². The van der Waals surface area contributed by atoms with E-state index in [1.165, 1.54) is 6.33 Å². The van der Waals surface area contributed by atoms with Crippen molar-refractivity contribution in [3.8, 4) is 0 Å². The van der Waals surface area contributed by atoms with Crippen molar-refractivity contribution in [2.75, 3.05) is 19.6 Å². The second-order valence-electron chi connectivity index (χ2n) is 5.36. The zero-order chi connectivity index (χ0) is 15.6. The number of hydrogen-bond donors (Lipinski definition) is 2. The van der Waals surface area contributed by atoms with Gasteiger partial charge in [0, 0.05) is 31.4 Å². The van der Waals surface area contributed by atoms with Gasteiger partial charge < -0.3 is 20.5 Å². The van der Waals surface area contributed by atoms with Gasteiger partial charge in [0.2, 0.25) is 5.91 Å². The molecule has 1 aromatic rings. The maximum absolute atomic E-state index is 12.6. The van der Waals surface area contributed by atoms with E-state index in [0.29, 0.717) is 37.4 Å². The van der Waals surface area contributed by atoms with Crippen LogP contribution < -0.4 is 5.73 Å². The fourth-order valence-corrected chi connectivity index (χ4v) is 2.78. The number of H-pyrrole nitrogens is 1. The number of likely N-dealkylation sites (tertiary alicyclic amines) is 1. The topological polar surface area (TPSA) is 95.3 Å². The zero-order valence-electron chi connectivity index (χ0n) is 12.8. The van der Waals surface area contributed by atoms with Gasteiger partial charge in [0.1, 0.15) is 11.7 Å². The molecular formula is C14H23N5O2. The lowest BCUT2D eigenvalue weighted by molar-refractivity contribution is -0.134. The number of hydrogen-bond acceptors (Lipinski definition) is 4. The van der Waals surface area contributed by atoms with Gasteiger partial charge in [0.05, 0.1) is 6.33 Å². The van der Waals surface area contributed by atoms with Crippen molar-refractivity contribution < 1.29 is 9.59 Å². The Bertz CT molecular complexity index is 523. The molecule has 0 aliphatic carbocycles. The summed E-state index contributed by atoms with van der Waals surface area (Å²) in [6, 6.07) is -0.652. The summed E-state index contributed by atoms with van der Waals surface area (Å²) in [6.07, 6.45) is 1.99. The van der Waals surface area contributed by atoms with E-state index in [4.69, 9.17) is 5.73 Å². The van der Waals surface area contributed by atoms with E-state index in [1.807, 2.05) is 13.8 Å². The number of amides is 2. The van der Waals surface area contributed by atoms with Crippen LogP contribution in [0.1, 0.15) is 36.5 Å². The monoisotopic (exact) mass is 293 g/mol. The number of aromatic amines is 1. The number of carbonyl (C=O) groups excluding carboxylic acids is 2. The minimum absolute atomic E-state index is 0.0329. The Hall–Kier alpha value is -1.89. The minimum Gasteiger partial charge on any atom is -0.348 e. The van der Waals surface area contributed by atoms with Crippen LogP contribution in [0.25, 0.3) is 0 Å². The first kappa shape index (κ1) is 15.5. The smallest absolute Gasteiger partial charge is 0.275 e. The van der Waals surface area contributed by atoms with Gasteiger partial charge in [-0.15, -0.1) is 0 Å². The average molecular weight is 293 g/mol. The van der Waals surface area contributed by atoms with E-state index in [1.54, 1.807) is 16.7 Å². The van der Waals surface area contributed by atoms with Crippen LogP contribution >= 0.6 is 0 Å². The summed E-state index contributed by atoms with van der Waals surface area (Å²) in [4.78, 5) is 35.4. The van der Waals surface area contributed by atoms with Gasteiger partial charge in [-0.1, -0.05) is 0 Å². The molecule has 116 valence electrons. The molecule has 1 aliphatic heterocycles. The van der Waals surface area contributed by atoms with Gasteiger partial charge in [-0.3, -0.25) is 9.59 Å². The molecule has 0 spiro atoms. The number of nitrogens with zero attached hydrogens (tertiary/aromatic N) is 3. The Kier molecular flexibility index (Phi) is 4.62. The molecule has 1 fully saturated rings. The van der Waals surface area contributed by atoms with E-state index in [2.05, 4.69) is 9.97 Å². The third kappa shape index (κ3) is 2.92. The highest BCUT2D eigenvalue weighted by atomic mass is 16.2. The molecule has 2 amide bonds. The van der Waals surface area contributed by atoms with Crippen LogP contribution in [-0.2, 0) is 4.79 Å².